The SMILES string of the molecule is C[C@H]1CN(C(=O)OC(C)(C)C)CCN1c1ncnc2c(Br)cn(COCC[Si](C)(C)C)c12. The summed E-state index contributed by atoms with van der Waals surface area (Å²) in [6, 6.07) is 1.21. The smallest absolute Gasteiger partial charge is 0.410 e. The molecule has 1 aliphatic heterocycles. The van der Waals surface area contributed by atoms with Gasteiger partial charge in [-0.2, -0.15) is 0 Å². The molecule has 0 unspecified atom stereocenters. The predicted molar refractivity (Wildman–Crippen MR) is 134 cm³/mol. The minimum absolute atomic E-state index is 0.0873. The van der Waals surface area contributed by atoms with Gasteiger partial charge in [0.15, 0.2) is 5.82 Å². The van der Waals surface area contributed by atoms with E-state index in [1.807, 2.05) is 27.0 Å². The zero-order chi connectivity index (χ0) is 23.7. The first-order valence-electron chi connectivity index (χ1n) is 11.2. The number of anilines is 1. The number of carbonyl (C=O) groups excluding carboxylic acids is 1. The number of halogens is 1. The van der Waals surface area contributed by atoms with Crippen molar-refractivity contribution in [2.24, 2.45) is 0 Å². The van der Waals surface area contributed by atoms with Crippen molar-refractivity contribution in [3.8, 4) is 0 Å². The Labute approximate surface area is 200 Å². The van der Waals surface area contributed by atoms with Crippen molar-refractivity contribution in [2.75, 3.05) is 31.1 Å². The quantitative estimate of drug-likeness (QED) is 0.392. The van der Waals surface area contributed by atoms with Crippen LogP contribution in [0.1, 0.15) is 27.7 Å². The Kier molecular flexibility index (Phi) is 7.56. The van der Waals surface area contributed by atoms with Gasteiger partial charge in [-0.25, -0.2) is 14.8 Å². The molecule has 32 heavy (non-hydrogen) atoms. The van der Waals surface area contributed by atoms with Gasteiger partial charge in [-0.15, -0.1) is 0 Å². The summed E-state index contributed by atoms with van der Waals surface area (Å²) in [5.41, 5.74) is 1.31. The molecule has 0 spiro atoms. The van der Waals surface area contributed by atoms with E-state index in [0.29, 0.717) is 26.4 Å². The Bertz CT molecular complexity index is 953. The number of rotatable bonds is 6. The summed E-state index contributed by atoms with van der Waals surface area (Å²) in [6.07, 6.45) is 3.35. The number of fused-ring (bicyclic) bond motifs is 1. The lowest BCUT2D eigenvalue weighted by molar-refractivity contribution is 0.0218. The Balaban J connectivity index is 1.78. The van der Waals surface area contributed by atoms with Gasteiger partial charge >= 0.3 is 6.09 Å². The fraction of sp³-hybridized carbons (Fsp3) is 0.682. The molecule has 0 saturated carbocycles. The molecular weight excluding hydrogens is 490 g/mol. The van der Waals surface area contributed by atoms with Crippen molar-refractivity contribution in [3.63, 3.8) is 0 Å². The molecule has 0 N–H and O–H groups in total. The van der Waals surface area contributed by atoms with Gasteiger partial charge in [0, 0.05) is 46.6 Å². The summed E-state index contributed by atoms with van der Waals surface area (Å²) in [7, 11) is -1.14. The maximum Gasteiger partial charge on any atom is 0.410 e. The number of nitrogens with zero attached hydrogens (tertiary/aromatic N) is 5. The Morgan fingerprint density at radius 1 is 1.25 bits per heavy atom. The highest BCUT2D eigenvalue weighted by molar-refractivity contribution is 9.10. The average Bonchev–Trinajstić information content (AvgIpc) is 2.99. The number of carbonyl (C=O) groups is 1. The van der Waals surface area contributed by atoms with E-state index in [1.165, 1.54) is 0 Å². The predicted octanol–water partition coefficient (Wildman–Crippen LogP) is 4.95. The van der Waals surface area contributed by atoms with Crippen LogP contribution in [0.25, 0.3) is 11.0 Å². The summed E-state index contributed by atoms with van der Waals surface area (Å²) in [4.78, 5) is 25.7. The minimum atomic E-state index is -1.14. The van der Waals surface area contributed by atoms with E-state index in [1.54, 1.807) is 11.2 Å². The van der Waals surface area contributed by atoms with Crippen LogP contribution >= 0.6 is 15.9 Å². The van der Waals surface area contributed by atoms with Gasteiger partial charge in [-0.1, -0.05) is 19.6 Å². The Hall–Kier alpha value is -1.65. The highest BCUT2D eigenvalue weighted by Gasteiger charge is 2.32. The minimum Gasteiger partial charge on any atom is -0.444 e. The number of ether oxygens (including phenoxy) is 2. The van der Waals surface area contributed by atoms with Crippen molar-refractivity contribution in [1.82, 2.24) is 19.4 Å². The highest BCUT2D eigenvalue weighted by Crippen LogP contribution is 2.32. The number of amides is 1. The lowest BCUT2D eigenvalue weighted by Gasteiger charge is -2.41. The third-order valence-electron chi connectivity index (χ3n) is 5.36. The van der Waals surface area contributed by atoms with Crippen LogP contribution in [-0.4, -0.2) is 71.5 Å². The van der Waals surface area contributed by atoms with E-state index in [0.717, 1.165) is 34.0 Å². The van der Waals surface area contributed by atoms with E-state index in [-0.39, 0.29) is 12.1 Å². The van der Waals surface area contributed by atoms with Gasteiger partial charge in [0.05, 0.1) is 4.47 Å². The molecule has 1 fully saturated rings. The molecule has 2 aromatic rings. The van der Waals surface area contributed by atoms with Crippen LogP contribution in [0.3, 0.4) is 0 Å². The topological polar surface area (TPSA) is 72.7 Å². The second-order valence-corrected chi connectivity index (χ2v) is 17.1. The molecule has 3 heterocycles. The molecule has 0 radical (unpaired) electrons. The largest absolute Gasteiger partial charge is 0.444 e. The standard InChI is InChI=1S/C22H36BrN5O3Si/c1-16-12-26(21(29)31-22(2,3)4)8-9-28(16)20-19-18(24-14-25-20)17(23)13-27(19)15-30-10-11-32(5,6)7/h13-14,16H,8-12,15H2,1-7H3/t16-/m0/s1. The summed E-state index contributed by atoms with van der Waals surface area (Å²) in [6.45, 7) is 17.9. The Morgan fingerprint density at radius 2 is 1.97 bits per heavy atom. The zero-order valence-electron chi connectivity index (χ0n) is 20.3. The average molecular weight is 527 g/mol. The van der Waals surface area contributed by atoms with Crippen LogP contribution in [0.5, 0.6) is 0 Å². The van der Waals surface area contributed by atoms with E-state index < -0.39 is 13.7 Å². The number of hydrogen-bond donors (Lipinski definition) is 0. The van der Waals surface area contributed by atoms with Crippen molar-refractivity contribution < 1.29 is 14.3 Å². The van der Waals surface area contributed by atoms with Crippen LogP contribution in [0.4, 0.5) is 10.6 Å². The van der Waals surface area contributed by atoms with Gasteiger partial charge in [-0.05, 0) is 49.7 Å². The summed E-state index contributed by atoms with van der Waals surface area (Å²) in [5.74, 6) is 0.867. The van der Waals surface area contributed by atoms with Crippen LogP contribution in [0.15, 0.2) is 17.0 Å². The zero-order valence-corrected chi connectivity index (χ0v) is 22.9. The van der Waals surface area contributed by atoms with Crippen LogP contribution in [-0.2, 0) is 16.2 Å². The highest BCUT2D eigenvalue weighted by atomic mass is 79.9. The lowest BCUT2D eigenvalue weighted by atomic mass is 10.2. The molecule has 10 heteroatoms. The van der Waals surface area contributed by atoms with Gasteiger partial charge in [0.2, 0.25) is 0 Å². The Morgan fingerprint density at radius 3 is 2.59 bits per heavy atom. The fourth-order valence-corrected chi connectivity index (χ4v) is 4.98. The third kappa shape index (κ3) is 6.23. The molecular formula is C22H36BrN5O3Si. The molecule has 1 amide bonds. The van der Waals surface area contributed by atoms with Crippen LogP contribution in [0.2, 0.25) is 25.7 Å². The second-order valence-electron chi connectivity index (χ2n) is 10.7. The van der Waals surface area contributed by atoms with Crippen LogP contribution in [0, 0.1) is 0 Å². The van der Waals surface area contributed by atoms with Crippen LogP contribution < -0.4 is 4.90 Å². The number of piperazine rings is 1. The van der Waals surface area contributed by atoms with E-state index in [4.69, 9.17) is 9.47 Å². The molecule has 1 aliphatic rings. The van der Waals surface area contributed by atoms with Crippen molar-refractivity contribution >= 4 is 46.9 Å². The summed E-state index contributed by atoms with van der Waals surface area (Å²) < 4.78 is 14.6. The van der Waals surface area contributed by atoms with Gasteiger partial charge in [-0.3, -0.25) is 0 Å². The van der Waals surface area contributed by atoms with Crippen molar-refractivity contribution in [1.29, 1.82) is 0 Å². The molecule has 0 bridgehead atoms. The lowest BCUT2D eigenvalue weighted by Crippen LogP contribution is -2.55. The van der Waals surface area contributed by atoms with E-state index in [9.17, 15) is 4.79 Å². The second kappa shape index (κ2) is 9.68. The fourth-order valence-electron chi connectivity index (χ4n) is 3.69. The third-order valence-corrected chi connectivity index (χ3v) is 7.65. The molecule has 0 aromatic carbocycles. The first-order valence-corrected chi connectivity index (χ1v) is 15.7. The summed E-state index contributed by atoms with van der Waals surface area (Å²) in [5, 5.41) is 0. The van der Waals surface area contributed by atoms with E-state index in [2.05, 4.69) is 61.9 Å². The normalized spacial score (nSPS) is 17.8. The van der Waals surface area contributed by atoms with Gasteiger partial charge in [0.1, 0.15) is 29.7 Å². The molecule has 8 nitrogen and oxygen atoms in total. The monoisotopic (exact) mass is 525 g/mol. The maximum absolute atomic E-state index is 12.5. The number of aromatic nitrogens is 3. The molecule has 178 valence electrons. The molecule has 0 aliphatic carbocycles. The van der Waals surface area contributed by atoms with Crippen molar-refractivity contribution in [2.45, 2.75) is 71.8 Å². The molecule has 1 atom stereocenters. The molecule has 3 rings (SSSR count). The molecule has 1 saturated heterocycles. The van der Waals surface area contributed by atoms with E-state index >= 15 is 0 Å². The maximum atomic E-state index is 12.5. The van der Waals surface area contributed by atoms with Gasteiger partial charge < -0.3 is 23.8 Å². The summed E-state index contributed by atoms with van der Waals surface area (Å²) >= 11 is 3.64. The molecule has 2 aromatic heterocycles. The first kappa shape index (κ1) is 25.0. The first-order chi connectivity index (χ1) is 14.9. The van der Waals surface area contributed by atoms with Gasteiger partial charge in [0.25, 0.3) is 0 Å². The number of hydrogen-bond acceptors (Lipinski definition) is 6. The van der Waals surface area contributed by atoms with Crippen molar-refractivity contribution in [3.05, 3.63) is 17.0 Å².